The summed E-state index contributed by atoms with van der Waals surface area (Å²) in [5, 5.41) is 31.0. The van der Waals surface area contributed by atoms with Crippen molar-refractivity contribution in [3.05, 3.63) is 33.9 Å². The van der Waals surface area contributed by atoms with Gasteiger partial charge in [-0.2, -0.15) is 10.5 Å². The van der Waals surface area contributed by atoms with Gasteiger partial charge in [-0.3, -0.25) is 10.1 Å². The summed E-state index contributed by atoms with van der Waals surface area (Å²) in [5.41, 5.74) is -0.0545. The molecule has 0 aromatic heterocycles. The van der Waals surface area contributed by atoms with Gasteiger partial charge in [-0.15, -0.1) is 0 Å². The number of nitro groups is 1. The van der Waals surface area contributed by atoms with Gasteiger partial charge in [-0.1, -0.05) is 0 Å². The van der Waals surface area contributed by atoms with Gasteiger partial charge in [0.05, 0.1) is 35.3 Å². The maximum absolute atomic E-state index is 10.9. The summed E-state index contributed by atoms with van der Waals surface area (Å²) in [7, 11) is 1.65. The topological polar surface area (TPSA) is 112 Å². The molecular weight excluding hydrogens is 248 g/mol. The number of hydrogen-bond donors (Lipinski definition) is 1. The minimum Gasteiger partial charge on any atom is -0.487 e. The zero-order valence-corrected chi connectivity index (χ0v) is 10.3. The van der Waals surface area contributed by atoms with E-state index in [-0.39, 0.29) is 29.6 Å². The van der Waals surface area contributed by atoms with E-state index < -0.39 is 4.92 Å². The third-order valence-electron chi connectivity index (χ3n) is 2.45. The highest BCUT2D eigenvalue weighted by molar-refractivity contribution is 5.51. The van der Waals surface area contributed by atoms with Crippen LogP contribution in [0.4, 0.5) is 5.69 Å². The molecule has 0 fully saturated rings. The van der Waals surface area contributed by atoms with Crippen LogP contribution in [0.2, 0.25) is 0 Å². The van der Waals surface area contributed by atoms with Crippen molar-refractivity contribution in [3.63, 3.8) is 0 Å². The van der Waals surface area contributed by atoms with Gasteiger partial charge in [-0.25, -0.2) is 0 Å². The van der Waals surface area contributed by atoms with E-state index in [1.165, 1.54) is 12.1 Å². The van der Waals surface area contributed by atoms with Gasteiger partial charge in [0, 0.05) is 12.5 Å². The molecule has 1 unspecified atom stereocenters. The Labute approximate surface area is 110 Å². The molecule has 0 bridgehead atoms. The summed E-state index contributed by atoms with van der Waals surface area (Å²) in [6.45, 7) is 0.172. The fourth-order valence-electron chi connectivity index (χ4n) is 1.41. The number of nitrogens with zero attached hydrogens (tertiary/aromatic N) is 3. The second kappa shape index (κ2) is 6.94. The van der Waals surface area contributed by atoms with Crippen molar-refractivity contribution >= 4 is 5.69 Å². The predicted molar refractivity (Wildman–Crippen MR) is 66.4 cm³/mol. The first-order valence-electron chi connectivity index (χ1n) is 5.50. The van der Waals surface area contributed by atoms with Crippen LogP contribution in [0.1, 0.15) is 12.0 Å². The lowest BCUT2D eigenvalue weighted by Crippen LogP contribution is -2.25. The molecule has 1 aromatic rings. The molecule has 1 atom stereocenters. The van der Waals surface area contributed by atoms with E-state index in [0.29, 0.717) is 6.42 Å². The molecule has 7 heteroatoms. The van der Waals surface area contributed by atoms with Crippen molar-refractivity contribution in [1.29, 1.82) is 10.5 Å². The van der Waals surface area contributed by atoms with Gasteiger partial charge in [0.2, 0.25) is 0 Å². The lowest BCUT2D eigenvalue weighted by atomic mass is 10.2. The van der Waals surface area contributed by atoms with Crippen LogP contribution in [0.5, 0.6) is 5.75 Å². The SMILES string of the molecule is CNC(C#N)CCOc1ccc(C#N)cc1[N+](=O)[O-]. The Bertz CT molecular complexity index is 545. The Balaban J connectivity index is 2.76. The fourth-order valence-corrected chi connectivity index (χ4v) is 1.41. The highest BCUT2D eigenvalue weighted by Gasteiger charge is 2.16. The van der Waals surface area contributed by atoms with Crippen molar-refractivity contribution < 1.29 is 9.66 Å². The fraction of sp³-hybridized carbons (Fsp3) is 0.333. The molecule has 0 saturated carbocycles. The molecule has 0 radical (unpaired) electrons. The molecule has 0 saturated heterocycles. The normalized spacial score (nSPS) is 11.1. The summed E-state index contributed by atoms with van der Waals surface area (Å²) < 4.78 is 5.29. The first-order chi connectivity index (χ1) is 9.12. The molecule has 0 aliphatic carbocycles. The van der Waals surface area contributed by atoms with Crippen LogP contribution < -0.4 is 10.1 Å². The van der Waals surface area contributed by atoms with E-state index in [2.05, 4.69) is 5.32 Å². The lowest BCUT2D eigenvalue weighted by molar-refractivity contribution is -0.385. The summed E-state index contributed by atoms with van der Waals surface area (Å²) in [6, 6.07) is 7.49. The first-order valence-corrected chi connectivity index (χ1v) is 5.50. The summed E-state index contributed by atoms with van der Waals surface area (Å²) in [4.78, 5) is 10.2. The highest BCUT2D eigenvalue weighted by Crippen LogP contribution is 2.27. The standard InChI is InChI=1S/C12H12N4O3/c1-15-10(8-14)4-5-19-12-3-2-9(7-13)6-11(12)16(17)18/h2-3,6,10,15H,4-5H2,1H3. The van der Waals surface area contributed by atoms with Gasteiger partial charge < -0.3 is 10.1 Å². The van der Waals surface area contributed by atoms with E-state index in [1.807, 2.05) is 12.1 Å². The van der Waals surface area contributed by atoms with Crippen LogP contribution >= 0.6 is 0 Å². The van der Waals surface area contributed by atoms with Crippen molar-refractivity contribution in [2.75, 3.05) is 13.7 Å². The molecule has 0 amide bonds. The second-order valence-electron chi connectivity index (χ2n) is 3.66. The number of rotatable bonds is 6. The molecular formula is C12H12N4O3. The number of hydrogen-bond acceptors (Lipinski definition) is 6. The quantitative estimate of drug-likeness (QED) is 0.610. The van der Waals surface area contributed by atoms with Gasteiger partial charge in [-0.05, 0) is 19.2 Å². The molecule has 0 aliphatic rings. The Morgan fingerprint density at radius 2 is 2.26 bits per heavy atom. The van der Waals surface area contributed by atoms with Crippen LogP contribution in [0.3, 0.4) is 0 Å². The van der Waals surface area contributed by atoms with E-state index in [1.54, 1.807) is 7.05 Å². The average Bonchev–Trinajstić information content (AvgIpc) is 2.43. The van der Waals surface area contributed by atoms with Gasteiger partial charge >= 0.3 is 5.69 Å². The van der Waals surface area contributed by atoms with Crippen molar-refractivity contribution in [2.24, 2.45) is 0 Å². The Hall–Kier alpha value is -2.64. The first kappa shape index (κ1) is 14.4. The van der Waals surface area contributed by atoms with Gasteiger partial charge in [0.15, 0.2) is 5.75 Å². The van der Waals surface area contributed by atoms with E-state index >= 15 is 0 Å². The van der Waals surface area contributed by atoms with Gasteiger partial charge in [0.25, 0.3) is 0 Å². The van der Waals surface area contributed by atoms with E-state index in [4.69, 9.17) is 15.3 Å². The van der Waals surface area contributed by atoms with Crippen LogP contribution in [-0.2, 0) is 0 Å². The molecule has 98 valence electrons. The maximum atomic E-state index is 10.9. The minimum absolute atomic E-state index is 0.0943. The molecule has 1 N–H and O–H groups in total. The molecule has 0 aliphatic heterocycles. The van der Waals surface area contributed by atoms with E-state index in [9.17, 15) is 10.1 Å². The maximum Gasteiger partial charge on any atom is 0.312 e. The smallest absolute Gasteiger partial charge is 0.312 e. The summed E-state index contributed by atoms with van der Waals surface area (Å²) in [5.74, 6) is 0.0943. The highest BCUT2D eigenvalue weighted by atomic mass is 16.6. The molecule has 1 aromatic carbocycles. The third kappa shape index (κ3) is 3.95. The molecule has 0 spiro atoms. The van der Waals surface area contributed by atoms with Crippen LogP contribution in [-0.4, -0.2) is 24.6 Å². The summed E-state index contributed by atoms with van der Waals surface area (Å²) in [6.07, 6.45) is 0.407. The Morgan fingerprint density at radius 3 is 2.79 bits per heavy atom. The molecule has 1 rings (SSSR count). The second-order valence-corrected chi connectivity index (χ2v) is 3.66. The number of nitriles is 2. The van der Waals surface area contributed by atoms with Crippen LogP contribution in [0, 0.1) is 32.8 Å². The number of nitrogens with one attached hydrogen (secondary N) is 1. The zero-order valence-electron chi connectivity index (χ0n) is 10.3. The molecule has 0 heterocycles. The number of ether oxygens (including phenoxy) is 1. The third-order valence-corrected chi connectivity index (χ3v) is 2.45. The zero-order chi connectivity index (χ0) is 14.3. The minimum atomic E-state index is -0.601. The van der Waals surface area contributed by atoms with Crippen LogP contribution in [0.15, 0.2) is 18.2 Å². The van der Waals surface area contributed by atoms with Crippen molar-refractivity contribution in [2.45, 2.75) is 12.5 Å². The van der Waals surface area contributed by atoms with Crippen molar-refractivity contribution in [1.82, 2.24) is 5.32 Å². The lowest BCUT2D eigenvalue weighted by Gasteiger charge is -2.09. The van der Waals surface area contributed by atoms with Gasteiger partial charge in [0.1, 0.15) is 0 Å². The van der Waals surface area contributed by atoms with Crippen LogP contribution in [0.25, 0.3) is 0 Å². The predicted octanol–water partition coefficient (Wildman–Crippen LogP) is 1.35. The van der Waals surface area contributed by atoms with E-state index in [0.717, 1.165) is 6.07 Å². The summed E-state index contributed by atoms with van der Waals surface area (Å²) >= 11 is 0. The number of nitro benzene ring substituents is 1. The Kier molecular flexibility index (Phi) is 5.27. The number of benzene rings is 1. The van der Waals surface area contributed by atoms with Crippen molar-refractivity contribution in [3.8, 4) is 17.9 Å². The monoisotopic (exact) mass is 260 g/mol. The molecule has 7 nitrogen and oxygen atoms in total. The molecule has 19 heavy (non-hydrogen) atoms. The largest absolute Gasteiger partial charge is 0.487 e. The average molecular weight is 260 g/mol. The Morgan fingerprint density at radius 1 is 1.53 bits per heavy atom.